The van der Waals surface area contributed by atoms with Gasteiger partial charge in [0.2, 0.25) is 0 Å². The van der Waals surface area contributed by atoms with Gasteiger partial charge in [0.15, 0.2) is 5.65 Å². The number of anilines is 1. The van der Waals surface area contributed by atoms with E-state index in [2.05, 4.69) is 20.8 Å². The minimum absolute atomic E-state index is 0.194. The van der Waals surface area contributed by atoms with Crippen molar-refractivity contribution < 1.29 is 4.79 Å². The molecule has 0 atom stereocenters. The van der Waals surface area contributed by atoms with Crippen molar-refractivity contribution in [1.29, 1.82) is 0 Å². The standard InChI is InChI=1S/C15H12N6O/c1-20-6-4-10-8-12(2-3-13(10)20)16-15(22)11-5-7-21-14(9-11)17-18-19-21/h2-9H,1H3,(H,16,22). The topological polar surface area (TPSA) is 77.1 Å². The third-order valence-electron chi connectivity index (χ3n) is 3.60. The Hall–Kier alpha value is -3.22. The lowest BCUT2D eigenvalue weighted by Gasteiger charge is -2.06. The maximum atomic E-state index is 12.3. The average Bonchev–Trinajstić information content (AvgIpc) is 3.13. The molecule has 0 aliphatic heterocycles. The number of carbonyl (C=O) groups is 1. The molecule has 7 heteroatoms. The number of nitrogens with one attached hydrogen (secondary N) is 1. The molecule has 4 aromatic rings. The fraction of sp³-hybridized carbons (Fsp3) is 0.0667. The van der Waals surface area contributed by atoms with E-state index in [0.29, 0.717) is 11.2 Å². The van der Waals surface area contributed by atoms with Crippen LogP contribution in [0.1, 0.15) is 10.4 Å². The molecule has 0 unspecified atom stereocenters. The van der Waals surface area contributed by atoms with Crippen molar-refractivity contribution in [3.8, 4) is 0 Å². The largest absolute Gasteiger partial charge is 0.351 e. The van der Waals surface area contributed by atoms with Crippen molar-refractivity contribution >= 4 is 28.1 Å². The molecule has 0 aliphatic rings. The fourth-order valence-electron chi connectivity index (χ4n) is 2.44. The van der Waals surface area contributed by atoms with Crippen LogP contribution in [0.2, 0.25) is 0 Å². The van der Waals surface area contributed by atoms with E-state index in [-0.39, 0.29) is 5.91 Å². The van der Waals surface area contributed by atoms with Crippen LogP contribution >= 0.6 is 0 Å². The van der Waals surface area contributed by atoms with Gasteiger partial charge >= 0.3 is 0 Å². The predicted octanol–water partition coefficient (Wildman–Crippen LogP) is 1.87. The van der Waals surface area contributed by atoms with Crippen LogP contribution in [0.3, 0.4) is 0 Å². The number of fused-ring (bicyclic) bond motifs is 2. The summed E-state index contributed by atoms with van der Waals surface area (Å²) >= 11 is 0. The molecule has 0 bridgehead atoms. The maximum Gasteiger partial charge on any atom is 0.255 e. The molecule has 4 rings (SSSR count). The van der Waals surface area contributed by atoms with Crippen LogP contribution < -0.4 is 5.32 Å². The molecule has 1 N–H and O–H groups in total. The molecule has 0 saturated carbocycles. The van der Waals surface area contributed by atoms with Gasteiger partial charge in [-0.1, -0.05) is 0 Å². The highest BCUT2D eigenvalue weighted by Crippen LogP contribution is 2.20. The molecule has 0 fully saturated rings. The zero-order valence-electron chi connectivity index (χ0n) is 11.8. The normalized spacial score (nSPS) is 11.1. The second-order valence-corrected chi connectivity index (χ2v) is 5.05. The second kappa shape index (κ2) is 4.66. The molecule has 0 saturated heterocycles. The van der Waals surface area contributed by atoms with Gasteiger partial charge in [-0.25, -0.2) is 4.52 Å². The van der Waals surface area contributed by atoms with Crippen molar-refractivity contribution in [2.24, 2.45) is 7.05 Å². The summed E-state index contributed by atoms with van der Waals surface area (Å²) in [6, 6.07) is 11.2. The van der Waals surface area contributed by atoms with Gasteiger partial charge in [0.05, 0.1) is 0 Å². The van der Waals surface area contributed by atoms with Gasteiger partial charge in [0, 0.05) is 41.6 Å². The van der Waals surface area contributed by atoms with Crippen molar-refractivity contribution in [2.75, 3.05) is 5.32 Å². The Balaban J connectivity index is 1.64. The van der Waals surface area contributed by atoms with E-state index < -0.39 is 0 Å². The average molecular weight is 292 g/mol. The van der Waals surface area contributed by atoms with Crippen LogP contribution in [0, 0.1) is 0 Å². The van der Waals surface area contributed by atoms with Gasteiger partial charge in [-0.15, -0.1) is 5.10 Å². The Morgan fingerprint density at radius 2 is 2.05 bits per heavy atom. The number of pyridine rings is 1. The first-order valence-corrected chi connectivity index (χ1v) is 6.75. The second-order valence-electron chi connectivity index (χ2n) is 5.05. The van der Waals surface area contributed by atoms with Gasteiger partial charge in [0.1, 0.15) is 0 Å². The molecule has 22 heavy (non-hydrogen) atoms. The van der Waals surface area contributed by atoms with Gasteiger partial charge in [0.25, 0.3) is 5.91 Å². The van der Waals surface area contributed by atoms with Crippen molar-refractivity contribution in [3.63, 3.8) is 0 Å². The third kappa shape index (κ3) is 1.99. The summed E-state index contributed by atoms with van der Waals surface area (Å²) in [5.74, 6) is -0.194. The minimum Gasteiger partial charge on any atom is -0.351 e. The summed E-state index contributed by atoms with van der Waals surface area (Å²) in [7, 11) is 1.99. The van der Waals surface area contributed by atoms with E-state index in [1.165, 1.54) is 4.52 Å². The number of nitrogens with zero attached hydrogens (tertiary/aromatic N) is 5. The smallest absolute Gasteiger partial charge is 0.255 e. The molecule has 0 aliphatic carbocycles. The maximum absolute atomic E-state index is 12.3. The van der Waals surface area contributed by atoms with E-state index in [9.17, 15) is 4.79 Å². The SMILES string of the molecule is Cn1ccc2cc(NC(=O)c3ccn4nnnc4c3)ccc21. The molecule has 108 valence electrons. The summed E-state index contributed by atoms with van der Waals surface area (Å²) < 4.78 is 3.54. The van der Waals surface area contributed by atoms with Gasteiger partial charge in [-0.3, -0.25) is 4.79 Å². The summed E-state index contributed by atoms with van der Waals surface area (Å²) in [5.41, 5.74) is 2.92. The number of hydrogen-bond donors (Lipinski definition) is 1. The van der Waals surface area contributed by atoms with E-state index >= 15 is 0 Å². The Bertz CT molecular complexity index is 1000. The Morgan fingerprint density at radius 3 is 2.95 bits per heavy atom. The van der Waals surface area contributed by atoms with Crippen LogP contribution in [-0.2, 0) is 7.05 Å². The predicted molar refractivity (Wildman–Crippen MR) is 81.7 cm³/mol. The van der Waals surface area contributed by atoms with Gasteiger partial charge < -0.3 is 9.88 Å². The van der Waals surface area contributed by atoms with Crippen LogP contribution in [0.15, 0.2) is 48.8 Å². The van der Waals surface area contributed by atoms with Crippen LogP contribution in [0.5, 0.6) is 0 Å². The molecule has 3 aromatic heterocycles. The van der Waals surface area contributed by atoms with E-state index in [1.807, 2.05) is 42.1 Å². The Labute approximate surface area is 125 Å². The van der Waals surface area contributed by atoms with Crippen molar-refractivity contribution in [1.82, 2.24) is 24.6 Å². The van der Waals surface area contributed by atoms with Crippen LogP contribution in [0.25, 0.3) is 16.6 Å². The van der Waals surface area contributed by atoms with E-state index in [4.69, 9.17) is 0 Å². The van der Waals surface area contributed by atoms with Gasteiger partial charge in [-0.05, 0) is 46.8 Å². The monoisotopic (exact) mass is 292 g/mol. The summed E-state index contributed by atoms with van der Waals surface area (Å²) in [6.45, 7) is 0. The van der Waals surface area contributed by atoms with Gasteiger partial charge in [-0.2, -0.15) is 0 Å². The third-order valence-corrected chi connectivity index (χ3v) is 3.60. The number of tetrazole rings is 1. The molecule has 0 spiro atoms. The molecule has 1 amide bonds. The summed E-state index contributed by atoms with van der Waals surface area (Å²) in [4.78, 5) is 12.3. The van der Waals surface area contributed by atoms with Crippen molar-refractivity contribution in [2.45, 2.75) is 0 Å². The number of rotatable bonds is 2. The number of hydrogen-bond acceptors (Lipinski definition) is 4. The number of carbonyl (C=O) groups excluding carboxylic acids is 1. The molecule has 7 nitrogen and oxygen atoms in total. The highest BCUT2D eigenvalue weighted by atomic mass is 16.1. The zero-order valence-corrected chi connectivity index (χ0v) is 11.8. The first-order valence-electron chi connectivity index (χ1n) is 6.75. The number of benzene rings is 1. The lowest BCUT2D eigenvalue weighted by molar-refractivity contribution is 0.102. The van der Waals surface area contributed by atoms with Crippen molar-refractivity contribution in [3.05, 3.63) is 54.4 Å². The lowest BCUT2D eigenvalue weighted by atomic mass is 10.2. The lowest BCUT2D eigenvalue weighted by Crippen LogP contribution is -2.12. The Kier molecular flexibility index (Phi) is 2.65. The van der Waals surface area contributed by atoms with E-state index in [1.54, 1.807) is 18.3 Å². The number of amides is 1. The van der Waals surface area contributed by atoms with Crippen LogP contribution in [-0.4, -0.2) is 30.5 Å². The number of aryl methyl sites for hydroxylation is 1. The highest BCUT2D eigenvalue weighted by molar-refractivity contribution is 6.05. The van der Waals surface area contributed by atoms with E-state index in [0.717, 1.165) is 16.6 Å². The fourth-order valence-corrected chi connectivity index (χ4v) is 2.44. The Morgan fingerprint density at radius 1 is 1.14 bits per heavy atom. The molecular weight excluding hydrogens is 280 g/mol. The van der Waals surface area contributed by atoms with Crippen LogP contribution in [0.4, 0.5) is 5.69 Å². The zero-order chi connectivity index (χ0) is 15.1. The number of aromatic nitrogens is 5. The first-order chi connectivity index (χ1) is 10.7. The molecule has 0 radical (unpaired) electrons. The quantitative estimate of drug-likeness (QED) is 0.612. The highest BCUT2D eigenvalue weighted by Gasteiger charge is 2.09. The minimum atomic E-state index is -0.194. The first kappa shape index (κ1) is 12.5. The molecular formula is C15H12N6O. The summed E-state index contributed by atoms with van der Waals surface area (Å²) in [5, 5.41) is 15.1. The molecule has 3 heterocycles. The summed E-state index contributed by atoms with van der Waals surface area (Å²) in [6.07, 6.45) is 3.65. The molecule has 1 aromatic carbocycles.